The van der Waals surface area contributed by atoms with Crippen molar-refractivity contribution in [3.63, 3.8) is 0 Å². The molecule has 2 aromatic carbocycles. The smallest absolute Gasteiger partial charge is 0.255 e. The monoisotopic (exact) mass is 569 g/mol. The van der Waals surface area contributed by atoms with Gasteiger partial charge in [0.15, 0.2) is 10.9 Å². The summed E-state index contributed by atoms with van der Waals surface area (Å²) in [5, 5.41) is 5.41. The molecule has 0 aliphatic carbocycles. The summed E-state index contributed by atoms with van der Waals surface area (Å²) in [7, 11) is 3.55. The largest absolute Gasteiger partial charge is 0.492 e. The molecular formula is C28H39N7O2S2. The zero-order valence-electron chi connectivity index (χ0n) is 23.9. The molecule has 0 atom stereocenters. The molecule has 11 heteroatoms. The second-order valence-corrected chi connectivity index (χ2v) is 11.6. The van der Waals surface area contributed by atoms with Gasteiger partial charge in [0.25, 0.3) is 5.91 Å². The van der Waals surface area contributed by atoms with Gasteiger partial charge in [-0.3, -0.25) is 9.80 Å². The van der Waals surface area contributed by atoms with Crippen LogP contribution in [0.3, 0.4) is 0 Å². The number of hydrogen-bond donors (Lipinski definition) is 4. The molecule has 0 aliphatic heterocycles. The number of nitrogens with two attached hydrogens (primary N) is 2. The van der Waals surface area contributed by atoms with Gasteiger partial charge in [-0.25, -0.2) is 10.8 Å². The number of allylic oxidation sites excluding steroid dienone is 1. The Balaban J connectivity index is 1.89. The first-order valence-corrected chi connectivity index (χ1v) is 14.8. The van der Waals surface area contributed by atoms with Crippen molar-refractivity contribution in [2.75, 3.05) is 34.7 Å². The number of nitrogens with zero attached hydrogens (tertiary/aromatic N) is 3. The number of thioether (sulfide) groups is 1. The topological polar surface area (TPSA) is 123 Å². The first-order valence-electron chi connectivity index (χ1n) is 12.4. The number of methoxy groups -OCH3 is 1. The number of carbonyl (C=O) groups is 1. The minimum atomic E-state index is -0.277. The third-order valence-electron chi connectivity index (χ3n) is 6.28. The van der Waals surface area contributed by atoms with Gasteiger partial charge < -0.3 is 25.1 Å². The Hall–Kier alpha value is -3.28. The molecule has 3 rings (SSSR count). The molecule has 1 heterocycles. The zero-order valence-corrected chi connectivity index (χ0v) is 25.5. The standard InChI is InChI=1S/C28H39N7O2S2/c1-17-9-10-18(11-24(17)35(30)16-20(29)14-21-15-31-27(38-7)34(21)5)26(36)32-22-12-19(28(2,3)4)13-23(33-39-8)25(22)37-6/h9-13,15-16,33H,14,29-30H2,1-8H3,(H,32,36)/b20-16-. The van der Waals surface area contributed by atoms with Crippen LogP contribution in [0.1, 0.15) is 48.0 Å². The van der Waals surface area contributed by atoms with Gasteiger partial charge >= 0.3 is 0 Å². The summed E-state index contributed by atoms with van der Waals surface area (Å²) in [4.78, 5) is 17.8. The lowest BCUT2D eigenvalue weighted by Gasteiger charge is -2.24. The molecule has 0 fully saturated rings. The Labute approximate surface area is 239 Å². The van der Waals surface area contributed by atoms with E-state index in [4.69, 9.17) is 16.3 Å². The van der Waals surface area contributed by atoms with Crippen molar-refractivity contribution in [1.29, 1.82) is 0 Å². The van der Waals surface area contributed by atoms with Crippen LogP contribution in [-0.2, 0) is 18.9 Å². The van der Waals surface area contributed by atoms with Crippen LogP contribution in [0, 0.1) is 6.92 Å². The van der Waals surface area contributed by atoms with Gasteiger partial charge in [-0.1, -0.05) is 50.5 Å². The second kappa shape index (κ2) is 12.7. The number of imidazole rings is 1. The Morgan fingerprint density at radius 1 is 1.21 bits per heavy atom. The number of hydrogen-bond acceptors (Lipinski definition) is 9. The molecule has 0 radical (unpaired) electrons. The number of ether oxygens (including phenoxy) is 1. The highest BCUT2D eigenvalue weighted by Gasteiger charge is 2.21. The first-order chi connectivity index (χ1) is 18.4. The first kappa shape index (κ1) is 30.3. The van der Waals surface area contributed by atoms with Crippen LogP contribution in [0.4, 0.5) is 17.1 Å². The summed E-state index contributed by atoms with van der Waals surface area (Å²) in [6.45, 7) is 8.31. The summed E-state index contributed by atoms with van der Waals surface area (Å²) >= 11 is 3.03. The molecule has 39 heavy (non-hydrogen) atoms. The van der Waals surface area contributed by atoms with E-state index < -0.39 is 0 Å². The summed E-state index contributed by atoms with van der Waals surface area (Å²) in [5.74, 6) is 6.68. The molecule has 1 amide bonds. The summed E-state index contributed by atoms with van der Waals surface area (Å²) in [5.41, 5.74) is 12.2. The van der Waals surface area contributed by atoms with Crippen molar-refractivity contribution in [3.05, 3.63) is 70.8 Å². The predicted octanol–water partition coefficient (Wildman–Crippen LogP) is 5.42. The fourth-order valence-corrected chi connectivity index (χ4v) is 4.99. The van der Waals surface area contributed by atoms with Crippen molar-refractivity contribution >= 4 is 46.7 Å². The molecule has 0 spiro atoms. The van der Waals surface area contributed by atoms with E-state index in [9.17, 15) is 4.79 Å². The molecular weight excluding hydrogens is 530 g/mol. The number of nitrogens with one attached hydrogen (secondary N) is 2. The van der Waals surface area contributed by atoms with Gasteiger partial charge in [0, 0.05) is 49.1 Å². The quantitative estimate of drug-likeness (QED) is 0.110. The van der Waals surface area contributed by atoms with Gasteiger partial charge in [0.1, 0.15) is 0 Å². The van der Waals surface area contributed by atoms with Crippen LogP contribution in [-0.4, -0.2) is 35.1 Å². The van der Waals surface area contributed by atoms with Crippen LogP contribution in [0.15, 0.2) is 53.6 Å². The molecule has 9 nitrogen and oxygen atoms in total. The zero-order chi connectivity index (χ0) is 28.9. The van der Waals surface area contributed by atoms with E-state index in [0.717, 1.165) is 27.7 Å². The molecule has 6 N–H and O–H groups in total. The number of hydrazine groups is 1. The SMILES string of the molecule is COc1c(NSC)cc(C(C)(C)C)cc1NC(=O)c1ccc(C)c(N(N)/C=C(\N)Cc2cnc(SC)n2C)c1. The molecule has 0 bridgehead atoms. The minimum Gasteiger partial charge on any atom is -0.492 e. The molecule has 3 aromatic rings. The molecule has 0 saturated heterocycles. The number of aryl methyl sites for hydroxylation is 1. The lowest BCUT2D eigenvalue weighted by atomic mass is 9.86. The van der Waals surface area contributed by atoms with Crippen LogP contribution in [0.25, 0.3) is 0 Å². The van der Waals surface area contributed by atoms with E-state index in [0.29, 0.717) is 34.8 Å². The third-order valence-corrected chi connectivity index (χ3v) is 7.45. The van der Waals surface area contributed by atoms with E-state index in [1.807, 2.05) is 55.4 Å². The average molecular weight is 570 g/mol. The van der Waals surface area contributed by atoms with Gasteiger partial charge in [-0.15, -0.1) is 0 Å². The lowest BCUT2D eigenvalue weighted by Crippen LogP contribution is -2.27. The van der Waals surface area contributed by atoms with Crippen molar-refractivity contribution in [1.82, 2.24) is 9.55 Å². The van der Waals surface area contributed by atoms with Gasteiger partial charge in [0.2, 0.25) is 0 Å². The number of benzene rings is 2. The molecule has 0 aliphatic rings. The Morgan fingerprint density at radius 2 is 1.90 bits per heavy atom. The lowest BCUT2D eigenvalue weighted by molar-refractivity contribution is 0.102. The van der Waals surface area contributed by atoms with E-state index in [-0.39, 0.29) is 11.3 Å². The van der Waals surface area contributed by atoms with Gasteiger partial charge in [-0.05, 0) is 54.0 Å². The fraction of sp³-hybridized carbons (Fsp3) is 0.357. The minimum absolute atomic E-state index is 0.129. The second-order valence-electron chi connectivity index (χ2n) is 10.2. The number of anilines is 3. The van der Waals surface area contributed by atoms with Gasteiger partial charge in [0.05, 0.1) is 24.2 Å². The predicted molar refractivity (Wildman–Crippen MR) is 166 cm³/mol. The van der Waals surface area contributed by atoms with Crippen LogP contribution >= 0.6 is 23.7 Å². The maximum atomic E-state index is 13.4. The fourth-order valence-electron chi connectivity index (χ4n) is 4.07. The highest BCUT2D eigenvalue weighted by Crippen LogP contribution is 2.39. The van der Waals surface area contributed by atoms with Crippen molar-refractivity contribution in [2.24, 2.45) is 18.6 Å². The maximum absolute atomic E-state index is 13.4. The molecule has 0 saturated carbocycles. The number of carbonyl (C=O) groups excluding carboxylic acids is 1. The van der Waals surface area contributed by atoms with Crippen molar-refractivity contribution < 1.29 is 9.53 Å². The van der Waals surface area contributed by atoms with E-state index in [1.165, 1.54) is 17.0 Å². The van der Waals surface area contributed by atoms with Crippen LogP contribution < -0.4 is 31.4 Å². The number of aromatic nitrogens is 2. The van der Waals surface area contributed by atoms with Gasteiger partial charge in [-0.2, -0.15) is 0 Å². The highest BCUT2D eigenvalue weighted by atomic mass is 32.2. The molecule has 0 unspecified atom stereocenters. The summed E-state index contributed by atoms with van der Waals surface area (Å²) in [6.07, 6.45) is 7.90. The Bertz CT molecular complexity index is 1360. The van der Waals surface area contributed by atoms with E-state index in [1.54, 1.807) is 37.2 Å². The highest BCUT2D eigenvalue weighted by molar-refractivity contribution is 7.99. The Kier molecular flexibility index (Phi) is 9.87. The maximum Gasteiger partial charge on any atom is 0.255 e. The number of rotatable bonds is 10. The Morgan fingerprint density at radius 3 is 2.49 bits per heavy atom. The summed E-state index contributed by atoms with van der Waals surface area (Å²) in [6, 6.07) is 9.40. The average Bonchev–Trinajstić information content (AvgIpc) is 3.22. The normalized spacial score (nSPS) is 11.9. The van der Waals surface area contributed by atoms with Crippen molar-refractivity contribution in [3.8, 4) is 5.75 Å². The molecule has 210 valence electrons. The number of amides is 1. The van der Waals surface area contributed by atoms with Crippen molar-refractivity contribution in [2.45, 2.75) is 44.7 Å². The summed E-state index contributed by atoms with van der Waals surface area (Å²) < 4.78 is 10.9. The van der Waals surface area contributed by atoms with E-state index in [2.05, 4.69) is 35.8 Å². The van der Waals surface area contributed by atoms with Crippen LogP contribution in [0.5, 0.6) is 5.75 Å². The molecule has 1 aromatic heterocycles. The van der Waals surface area contributed by atoms with Crippen LogP contribution in [0.2, 0.25) is 0 Å². The third kappa shape index (κ3) is 7.23. The van der Waals surface area contributed by atoms with E-state index >= 15 is 0 Å².